The molecule has 16 heavy (non-hydrogen) atoms. The van der Waals surface area contributed by atoms with Gasteiger partial charge in [0.25, 0.3) is 0 Å². The van der Waals surface area contributed by atoms with Crippen molar-refractivity contribution in [1.29, 1.82) is 0 Å². The van der Waals surface area contributed by atoms with E-state index in [1.165, 1.54) is 0 Å². The molecule has 1 unspecified atom stereocenters. The molecule has 1 atom stereocenters. The zero-order valence-corrected chi connectivity index (χ0v) is 10.2. The second-order valence-electron chi connectivity index (χ2n) is 4.26. The number of esters is 2. The Balaban J connectivity index is 2.52. The highest BCUT2D eigenvalue weighted by Gasteiger charge is 2.37. The number of rotatable bonds is 7. The van der Waals surface area contributed by atoms with Gasteiger partial charge in [0.15, 0.2) is 0 Å². The first-order chi connectivity index (χ1) is 7.69. The molecule has 1 heterocycles. The molecule has 0 aromatic carbocycles. The average molecular weight is 227 g/mol. The van der Waals surface area contributed by atoms with Gasteiger partial charge in [-0.15, -0.1) is 0 Å². The number of cyclic esters (lactones) is 2. The lowest BCUT2D eigenvalue weighted by Gasteiger charge is -2.25. The summed E-state index contributed by atoms with van der Waals surface area (Å²) in [5.74, 6) is -0.745. The van der Waals surface area contributed by atoms with Gasteiger partial charge in [-0.2, -0.15) is 0 Å². The Morgan fingerprint density at radius 1 is 1.19 bits per heavy atom. The van der Waals surface area contributed by atoms with E-state index in [9.17, 15) is 9.59 Å². The molecule has 0 radical (unpaired) electrons. The third-order valence-corrected chi connectivity index (χ3v) is 2.89. The molecule has 1 aliphatic heterocycles. The van der Waals surface area contributed by atoms with Crippen molar-refractivity contribution in [2.24, 2.45) is 0 Å². The number of nitrogens with zero attached hydrogens (tertiary/aromatic N) is 1. The molecule has 0 amide bonds. The molecule has 0 spiro atoms. The molecule has 0 aromatic rings. The first-order valence-electron chi connectivity index (χ1n) is 6.17. The number of hydrogen-bond donors (Lipinski definition) is 0. The van der Waals surface area contributed by atoms with Crippen molar-refractivity contribution in [2.75, 3.05) is 13.1 Å². The molecule has 92 valence electrons. The Bertz CT molecular complexity index is 245. The van der Waals surface area contributed by atoms with Gasteiger partial charge in [0.1, 0.15) is 6.04 Å². The number of carbonyl (C=O) groups excluding carboxylic acids is 2. The van der Waals surface area contributed by atoms with E-state index >= 15 is 0 Å². The minimum atomic E-state index is -0.381. The fourth-order valence-electron chi connectivity index (χ4n) is 1.89. The largest absolute Gasteiger partial charge is 0.392 e. The number of carbonyl (C=O) groups is 2. The maximum absolute atomic E-state index is 11.5. The third kappa shape index (κ3) is 3.59. The molecule has 0 aromatic heterocycles. The summed E-state index contributed by atoms with van der Waals surface area (Å²) in [6, 6.07) is -0.328. The molecule has 1 saturated heterocycles. The molecule has 0 N–H and O–H groups in total. The van der Waals surface area contributed by atoms with Gasteiger partial charge in [-0.3, -0.25) is 9.69 Å². The van der Waals surface area contributed by atoms with Gasteiger partial charge in [-0.1, -0.05) is 26.7 Å². The molecule has 1 fully saturated rings. The molecule has 0 bridgehead atoms. The van der Waals surface area contributed by atoms with E-state index in [2.05, 4.69) is 23.5 Å². The Kier molecular flexibility index (Phi) is 5.46. The summed E-state index contributed by atoms with van der Waals surface area (Å²) in [4.78, 5) is 24.6. The van der Waals surface area contributed by atoms with Crippen LogP contribution in [0.1, 0.15) is 46.0 Å². The van der Waals surface area contributed by atoms with E-state index in [1.54, 1.807) is 0 Å². The topological polar surface area (TPSA) is 46.6 Å². The van der Waals surface area contributed by atoms with Crippen LogP contribution >= 0.6 is 0 Å². The quantitative estimate of drug-likeness (QED) is 0.491. The molecule has 0 aliphatic carbocycles. The summed E-state index contributed by atoms with van der Waals surface area (Å²) in [6.45, 7) is 6.00. The highest BCUT2D eigenvalue weighted by atomic mass is 16.6. The van der Waals surface area contributed by atoms with Crippen LogP contribution in [-0.4, -0.2) is 36.0 Å². The lowest BCUT2D eigenvalue weighted by atomic mass is 10.1. The van der Waals surface area contributed by atoms with Gasteiger partial charge in [0.2, 0.25) is 0 Å². The number of unbranched alkanes of at least 4 members (excludes halogenated alkanes) is 2. The SMILES string of the molecule is CCCCN(CCCC)C1CC(=O)OC1=O. The summed E-state index contributed by atoms with van der Waals surface area (Å²) in [6.07, 6.45) is 4.53. The number of hydrogen-bond acceptors (Lipinski definition) is 4. The normalized spacial score (nSPS) is 20.6. The van der Waals surface area contributed by atoms with E-state index in [-0.39, 0.29) is 24.4 Å². The van der Waals surface area contributed by atoms with Crippen molar-refractivity contribution in [3.63, 3.8) is 0 Å². The smallest absolute Gasteiger partial charge is 0.331 e. The van der Waals surface area contributed by atoms with E-state index < -0.39 is 0 Å². The standard InChI is InChI=1S/C12H21NO3/c1-3-5-7-13(8-6-4-2)10-9-11(14)16-12(10)15/h10H,3-9H2,1-2H3. The van der Waals surface area contributed by atoms with Crippen LogP contribution in [0.5, 0.6) is 0 Å². The fourth-order valence-corrected chi connectivity index (χ4v) is 1.89. The second-order valence-corrected chi connectivity index (χ2v) is 4.26. The minimum absolute atomic E-state index is 0.228. The highest BCUT2D eigenvalue weighted by molar-refractivity contribution is 5.96. The van der Waals surface area contributed by atoms with Gasteiger partial charge < -0.3 is 4.74 Å². The van der Waals surface area contributed by atoms with Crippen molar-refractivity contribution in [2.45, 2.75) is 52.0 Å². The van der Waals surface area contributed by atoms with Gasteiger partial charge in [0.05, 0.1) is 6.42 Å². The maximum Gasteiger partial charge on any atom is 0.331 e. The lowest BCUT2D eigenvalue weighted by molar-refractivity contribution is -0.153. The lowest BCUT2D eigenvalue weighted by Crippen LogP contribution is -2.39. The summed E-state index contributed by atoms with van der Waals surface area (Å²) in [7, 11) is 0. The molecular weight excluding hydrogens is 206 g/mol. The summed E-state index contributed by atoms with van der Waals surface area (Å²) >= 11 is 0. The van der Waals surface area contributed by atoms with Crippen molar-refractivity contribution < 1.29 is 14.3 Å². The van der Waals surface area contributed by atoms with Crippen LogP contribution in [0.2, 0.25) is 0 Å². The second kappa shape index (κ2) is 6.63. The van der Waals surface area contributed by atoms with E-state index in [4.69, 9.17) is 0 Å². The van der Waals surface area contributed by atoms with Gasteiger partial charge in [-0.05, 0) is 25.9 Å². The van der Waals surface area contributed by atoms with Crippen molar-refractivity contribution >= 4 is 11.9 Å². The molecule has 0 saturated carbocycles. The Labute approximate surface area is 96.9 Å². The molecule has 1 rings (SSSR count). The predicted molar refractivity (Wildman–Crippen MR) is 60.9 cm³/mol. The summed E-state index contributed by atoms with van der Waals surface area (Å²) in [5.41, 5.74) is 0. The van der Waals surface area contributed by atoms with Crippen molar-refractivity contribution in [1.82, 2.24) is 4.90 Å². The third-order valence-electron chi connectivity index (χ3n) is 2.89. The Morgan fingerprint density at radius 2 is 1.75 bits per heavy atom. The zero-order valence-electron chi connectivity index (χ0n) is 10.2. The monoisotopic (exact) mass is 227 g/mol. The van der Waals surface area contributed by atoms with Crippen LogP contribution in [0.4, 0.5) is 0 Å². The van der Waals surface area contributed by atoms with Crippen LogP contribution < -0.4 is 0 Å². The minimum Gasteiger partial charge on any atom is -0.392 e. The Hall–Kier alpha value is -0.900. The van der Waals surface area contributed by atoms with E-state index in [1.807, 2.05) is 0 Å². The average Bonchev–Trinajstić information content (AvgIpc) is 2.58. The predicted octanol–water partition coefficient (Wildman–Crippen LogP) is 1.73. The van der Waals surface area contributed by atoms with Gasteiger partial charge in [0, 0.05) is 0 Å². The molecular formula is C12H21NO3. The van der Waals surface area contributed by atoms with Crippen molar-refractivity contribution in [3.05, 3.63) is 0 Å². The van der Waals surface area contributed by atoms with Crippen LogP contribution in [-0.2, 0) is 14.3 Å². The molecule has 4 heteroatoms. The molecule has 4 nitrogen and oxygen atoms in total. The highest BCUT2D eigenvalue weighted by Crippen LogP contribution is 2.16. The van der Waals surface area contributed by atoms with Crippen molar-refractivity contribution in [3.8, 4) is 0 Å². The van der Waals surface area contributed by atoms with Crippen LogP contribution in [0.25, 0.3) is 0 Å². The fraction of sp³-hybridized carbons (Fsp3) is 0.833. The van der Waals surface area contributed by atoms with Crippen LogP contribution in [0, 0.1) is 0 Å². The summed E-state index contributed by atoms with van der Waals surface area (Å²) in [5, 5.41) is 0. The van der Waals surface area contributed by atoms with E-state index in [0.29, 0.717) is 0 Å². The van der Waals surface area contributed by atoms with Gasteiger partial charge in [-0.25, -0.2) is 4.79 Å². The molecule has 1 aliphatic rings. The maximum atomic E-state index is 11.5. The van der Waals surface area contributed by atoms with Crippen LogP contribution in [0.15, 0.2) is 0 Å². The first kappa shape index (κ1) is 13.2. The summed E-state index contributed by atoms with van der Waals surface area (Å²) < 4.78 is 4.60. The number of ether oxygens (including phenoxy) is 1. The van der Waals surface area contributed by atoms with E-state index in [0.717, 1.165) is 38.8 Å². The van der Waals surface area contributed by atoms with Gasteiger partial charge >= 0.3 is 11.9 Å². The zero-order chi connectivity index (χ0) is 12.0. The van der Waals surface area contributed by atoms with Crippen LogP contribution in [0.3, 0.4) is 0 Å². The first-order valence-corrected chi connectivity index (χ1v) is 6.17. The Morgan fingerprint density at radius 3 is 2.12 bits per heavy atom.